The number of hydrogen-bond donors (Lipinski definition) is 6. The van der Waals surface area contributed by atoms with Gasteiger partial charge in [-0.25, -0.2) is 4.68 Å². The predicted octanol–water partition coefficient (Wildman–Crippen LogP) is -1.68. The minimum Gasteiger partial charge on any atom is -0.394 e. The number of aliphatic hydroxyl groups excluding tert-OH is 4. The number of rotatable bonds is 7. The molecule has 1 heterocycles. The van der Waals surface area contributed by atoms with E-state index in [1.807, 2.05) is 6.92 Å². The van der Waals surface area contributed by atoms with Crippen LogP contribution in [0.5, 0.6) is 0 Å². The van der Waals surface area contributed by atoms with Crippen LogP contribution in [0.1, 0.15) is 13.3 Å². The molecular weight excluding hydrogens is 240 g/mol. The molecule has 7 N–H and O–H groups in total. The molecule has 104 valence electrons. The standard InChI is InChI=1S/C10H20N4O4/c1-2-14-10(6(11)4-12-14)13-9(18)3-7(16)8(17)5-15/h4,7-9,13,15-18H,2-3,5,11H2,1H3. The van der Waals surface area contributed by atoms with E-state index in [2.05, 4.69) is 10.4 Å². The lowest BCUT2D eigenvalue weighted by Gasteiger charge is -2.21. The molecule has 8 nitrogen and oxygen atoms in total. The molecule has 1 rings (SSSR count). The van der Waals surface area contributed by atoms with Gasteiger partial charge in [0.05, 0.1) is 24.6 Å². The molecule has 0 saturated carbocycles. The molecule has 0 aliphatic carbocycles. The fraction of sp³-hybridized carbons (Fsp3) is 0.700. The van der Waals surface area contributed by atoms with Gasteiger partial charge in [0.25, 0.3) is 0 Å². The number of aliphatic hydroxyl groups is 4. The lowest BCUT2D eigenvalue weighted by atomic mass is 10.1. The van der Waals surface area contributed by atoms with Gasteiger partial charge in [-0.15, -0.1) is 0 Å². The molecule has 18 heavy (non-hydrogen) atoms. The maximum absolute atomic E-state index is 9.72. The predicted molar refractivity (Wildman–Crippen MR) is 65.7 cm³/mol. The molecule has 3 atom stereocenters. The van der Waals surface area contributed by atoms with Crippen LogP contribution in [0, 0.1) is 0 Å². The smallest absolute Gasteiger partial charge is 0.149 e. The Bertz CT molecular complexity index is 371. The summed E-state index contributed by atoms with van der Waals surface area (Å²) in [6, 6.07) is 0. The zero-order chi connectivity index (χ0) is 13.7. The maximum atomic E-state index is 9.72. The van der Waals surface area contributed by atoms with Gasteiger partial charge in [0.1, 0.15) is 18.1 Å². The molecule has 0 bridgehead atoms. The van der Waals surface area contributed by atoms with Gasteiger partial charge < -0.3 is 31.5 Å². The van der Waals surface area contributed by atoms with Crippen LogP contribution in [-0.4, -0.2) is 55.2 Å². The molecule has 3 unspecified atom stereocenters. The second-order valence-electron chi connectivity index (χ2n) is 3.98. The first-order valence-corrected chi connectivity index (χ1v) is 5.72. The van der Waals surface area contributed by atoms with Gasteiger partial charge in [-0.05, 0) is 6.92 Å². The first-order chi connectivity index (χ1) is 8.49. The van der Waals surface area contributed by atoms with Crippen molar-refractivity contribution in [3.63, 3.8) is 0 Å². The van der Waals surface area contributed by atoms with Crippen LogP contribution < -0.4 is 11.1 Å². The highest BCUT2D eigenvalue weighted by molar-refractivity contribution is 5.60. The Morgan fingerprint density at radius 3 is 2.61 bits per heavy atom. The van der Waals surface area contributed by atoms with E-state index >= 15 is 0 Å². The lowest BCUT2D eigenvalue weighted by Crippen LogP contribution is -2.35. The number of nitrogens with two attached hydrogens (primary N) is 1. The van der Waals surface area contributed by atoms with Crippen LogP contribution in [0.3, 0.4) is 0 Å². The fourth-order valence-electron chi connectivity index (χ4n) is 1.52. The number of nitrogen functional groups attached to an aromatic ring is 1. The zero-order valence-corrected chi connectivity index (χ0v) is 10.2. The Hall–Kier alpha value is -1.35. The molecular formula is C10H20N4O4. The van der Waals surface area contributed by atoms with Crippen molar-refractivity contribution in [2.45, 2.75) is 38.3 Å². The van der Waals surface area contributed by atoms with E-state index in [4.69, 9.17) is 10.8 Å². The summed E-state index contributed by atoms with van der Waals surface area (Å²) in [4.78, 5) is 0. The normalized spacial score (nSPS) is 16.3. The van der Waals surface area contributed by atoms with E-state index in [9.17, 15) is 15.3 Å². The summed E-state index contributed by atoms with van der Waals surface area (Å²) in [5.74, 6) is 0.454. The Kier molecular flexibility index (Phi) is 5.35. The number of aryl methyl sites for hydroxylation is 1. The number of nitrogens with zero attached hydrogens (tertiary/aromatic N) is 2. The SMILES string of the molecule is CCn1ncc(N)c1NC(O)CC(O)C(O)CO. The molecule has 0 aromatic carbocycles. The Balaban J connectivity index is 2.59. The van der Waals surface area contributed by atoms with Gasteiger partial charge in [-0.2, -0.15) is 5.10 Å². The third-order valence-corrected chi connectivity index (χ3v) is 2.57. The summed E-state index contributed by atoms with van der Waals surface area (Å²) in [6.45, 7) is 1.88. The van der Waals surface area contributed by atoms with Gasteiger partial charge in [-0.1, -0.05) is 0 Å². The molecule has 0 fully saturated rings. The maximum Gasteiger partial charge on any atom is 0.149 e. The first kappa shape index (κ1) is 14.7. The van der Waals surface area contributed by atoms with Crippen LogP contribution in [0.15, 0.2) is 6.20 Å². The summed E-state index contributed by atoms with van der Waals surface area (Å²) >= 11 is 0. The quantitative estimate of drug-likeness (QED) is 0.322. The molecule has 0 aliphatic heterocycles. The molecule has 0 aliphatic rings. The molecule has 1 aromatic rings. The van der Waals surface area contributed by atoms with E-state index in [1.165, 1.54) is 6.20 Å². The largest absolute Gasteiger partial charge is 0.394 e. The highest BCUT2D eigenvalue weighted by Crippen LogP contribution is 2.19. The molecule has 0 saturated heterocycles. The van der Waals surface area contributed by atoms with E-state index in [0.29, 0.717) is 18.1 Å². The second-order valence-corrected chi connectivity index (χ2v) is 3.98. The van der Waals surface area contributed by atoms with Gasteiger partial charge in [0.2, 0.25) is 0 Å². The van der Waals surface area contributed by atoms with Crippen molar-refractivity contribution in [2.75, 3.05) is 17.7 Å². The Morgan fingerprint density at radius 2 is 2.06 bits per heavy atom. The van der Waals surface area contributed by atoms with Crippen LogP contribution in [0.2, 0.25) is 0 Å². The van der Waals surface area contributed by atoms with Crippen LogP contribution in [-0.2, 0) is 6.54 Å². The average molecular weight is 260 g/mol. The number of aromatic nitrogens is 2. The van der Waals surface area contributed by atoms with Crippen molar-refractivity contribution in [3.05, 3.63) is 6.20 Å². The summed E-state index contributed by atoms with van der Waals surface area (Å²) in [7, 11) is 0. The van der Waals surface area contributed by atoms with Gasteiger partial charge >= 0.3 is 0 Å². The second kappa shape index (κ2) is 6.55. The van der Waals surface area contributed by atoms with E-state index in [-0.39, 0.29) is 6.42 Å². The third-order valence-electron chi connectivity index (χ3n) is 2.57. The topological polar surface area (TPSA) is 137 Å². The van der Waals surface area contributed by atoms with Gasteiger partial charge in [0.15, 0.2) is 0 Å². The fourth-order valence-corrected chi connectivity index (χ4v) is 1.52. The molecule has 0 spiro atoms. The Labute approximate surface area is 105 Å². The average Bonchev–Trinajstić information content (AvgIpc) is 2.69. The van der Waals surface area contributed by atoms with Crippen molar-refractivity contribution in [3.8, 4) is 0 Å². The van der Waals surface area contributed by atoms with E-state index in [0.717, 1.165) is 0 Å². The highest BCUT2D eigenvalue weighted by atomic mass is 16.4. The Morgan fingerprint density at radius 1 is 1.39 bits per heavy atom. The van der Waals surface area contributed by atoms with Crippen molar-refractivity contribution >= 4 is 11.5 Å². The zero-order valence-electron chi connectivity index (χ0n) is 10.2. The monoisotopic (exact) mass is 260 g/mol. The van der Waals surface area contributed by atoms with Crippen LogP contribution in [0.25, 0.3) is 0 Å². The molecule has 0 radical (unpaired) electrons. The summed E-state index contributed by atoms with van der Waals surface area (Å²) in [5, 5.41) is 43.7. The lowest BCUT2D eigenvalue weighted by molar-refractivity contribution is -0.0328. The summed E-state index contributed by atoms with van der Waals surface area (Å²) in [5.41, 5.74) is 6.06. The molecule has 0 amide bonds. The molecule has 1 aromatic heterocycles. The van der Waals surface area contributed by atoms with Crippen LogP contribution >= 0.6 is 0 Å². The first-order valence-electron chi connectivity index (χ1n) is 5.72. The van der Waals surface area contributed by atoms with Crippen molar-refractivity contribution < 1.29 is 20.4 Å². The minimum absolute atomic E-state index is 0.143. The van der Waals surface area contributed by atoms with Gasteiger partial charge in [-0.3, -0.25) is 0 Å². The van der Waals surface area contributed by atoms with E-state index in [1.54, 1.807) is 4.68 Å². The minimum atomic E-state index is -1.28. The number of anilines is 2. The highest BCUT2D eigenvalue weighted by Gasteiger charge is 2.20. The summed E-state index contributed by atoms with van der Waals surface area (Å²) in [6.07, 6.45) is -2.30. The van der Waals surface area contributed by atoms with Crippen LogP contribution in [0.4, 0.5) is 11.5 Å². The van der Waals surface area contributed by atoms with Crippen molar-refractivity contribution in [1.29, 1.82) is 0 Å². The van der Waals surface area contributed by atoms with Gasteiger partial charge in [0, 0.05) is 13.0 Å². The van der Waals surface area contributed by atoms with Crippen molar-refractivity contribution in [1.82, 2.24) is 9.78 Å². The summed E-state index contributed by atoms with van der Waals surface area (Å²) < 4.78 is 1.56. The number of nitrogens with one attached hydrogen (secondary N) is 1. The number of hydrogen-bond acceptors (Lipinski definition) is 7. The van der Waals surface area contributed by atoms with Crippen molar-refractivity contribution in [2.24, 2.45) is 0 Å². The molecule has 8 heteroatoms. The third kappa shape index (κ3) is 3.57. The van der Waals surface area contributed by atoms with E-state index < -0.39 is 25.0 Å².